The summed E-state index contributed by atoms with van der Waals surface area (Å²) < 4.78 is 1.65. The Morgan fingerprint density at radius 2 is 2.16 bits per heavy atom. The fraction of sp³-hybridized carbons (Fsp3) is 0.643. The van der Waals surface area contributed by atoms with Gasteiger partial charge in [0.15, 0.2) is 5.69 Å². The molecular weight excluding hydrogens is 242 g/mol. The number of aromatic nitrogens is 3. The Hall–Kier alpha value is -1.65. The standard InChI is InChI=1S/C14H21N3O2/c1-2-10-17-12(13(14(18)19)15-16-17)9-8-11-6-4-3-5-7-11/h2,11H,1,3-10H2,(H,18,19). The number of allylic oxidation sites excluding steroid dienone is 1. The average Bonchev–Trinajstić information content (AvgIpc) is 2.81. The number of carboxylic acids is 1. The zero-order chi connectivity index (χ0) is 13.7. The van der Waals surface area contributed by atoms with E-state index in [1.165, 1.54) is 32.1 Å². The van der Waals surface area contributed by atoms with Gasteiger partial charge in [0.05, 0.1) is 12.2 Å². The lowest BCUT2D eigenvalue weighted by Gasteiger charge is -2.21. The van der Waals surface area contributed by atoms with Crippen LogP contribution in [0.1, 0.15) is 54.7 Å². The first-order chi connectivity index (χ1) is 9.22. The quantitative estimate of drug-likeness (QED) is 0.801. The molecule has 0 unspecified atom stereocenters. The maximum atomic E-state index is 11.1. The average molecular weight is 263 g/mol. The molecule has 5 nitrogen and oxygen atoms in total. The van der Waals surface area contributed by atoms with Crippen molar-refractivity contribution in [2.75, 3.05) is 0 Å². The van der Waals surface area contributed by atoms with Crippen molar-refractivity contribution >= 4 is 5.97 Å². The Kier molecular flexibility index (Phi) is 4.71. The van der Waals surface area contributed by atoms with Crippen LogP contribution in [0, 0.1) is 5.92 Å². The lowest BCUT2D eigenvalue weighted by molar-refractivity contribution is 0.0689. The van der Waals surface area contributed by atoms with E-state index in [-0.39, 0.29) is 5.69 Å². The zero-order valence-electron chi connectivity index (χ0n) is 11.2. The molecule has 1 saturated carbocycles. The Morgan fingerprint density at radius 3 is 2.79 bits per heavy atom. The number of aromatic carboxylic acids is 1. The molecule has 1 aliphatic rings. The van der Waals surface area contributed by atoms with E-state index in [4.69, 9.17) is 5.11 Å². The number of hydrogen-bond acceptors (Lipinski definition) is 3. The maximum Gasteiger partial charge on any atom is 0.358 e. The highest BCUT2D eigenvalue weighted by molar-refractivity contribution is 5.86. The monoisotopic (exact) mass is 263 g/mol. The SMILES string of the molecule is C=CCn1nnc(C(=O)O)c1CCC1CCCCC1. The molecule has 1 aromatic heterocycles. The summed E-state index contributed by atoms with van der Waals surface area (Å²) in [6.07, 6.45) is 9.98. The molecular formula is C14H21N3O2. The van der Waals surface area contributed by atoms with E-state index < -0.39 is 5.97 Å². The zero-order valence-corrected chi connectivity index (χ0v) is 11.2. The molecule has 1 fully saturated rings. The summed E-state index contributed by atoms with van der Waals surface area (Å²) in [6.45, 7) is 4.18. The second-order valence-corrected chi connectivity index (χ2v) is 5.20. The largest absolute Gasteiger partial charge is 0.476 e. The Balaban J connectivity index is 2.05. The van der Waals surface area contributed by atoms with E-state index >= 15 is 0 Å². The van der Waals surface area contributed by atoms with Crippen molar-refractivity contribution < 1.29 is 9.90 Å². The molecule has 0 bridgehead atoms. The number of nitrogens with zero attached hydrogens (tertiary/aromatic N) is 3. The minimum absolute atomic E-state index is 0.0951. The van der Waals surface area contributed by atoms with Gasteiger partial charge < -0.3 is 5.11 Å². The van der Waals surface area contributed by atoms with Crippen molar-refractivity contribution in [3.63, 3.8) is 0 Å². The smallest absolute Gasteiger partial charge is 0.358 e. The van der Waals surface area contributed by atoms with Crippen molar-refractivity contribution in [3.8, 4) is 0 Å². The molecule has 0 spiro atoms. The van der Waals surface area contributed by atoms with Gasteiger partial charge in [-0.2, -0.15) is 0 Å². The van der Waals surface area contributed by atoms with Gasteiger partial charge in [-0.3, -0.25) is 0 Å². The van der Waals surface area contributed by atoms with Gasteiger partial charge in [0, 0.05) is 0 Å². The third-order valence-corrected chi connectivity index (χ3v) is 3.86. The number of rotatable bonds is 6. The third-order valence-electron chi connectivity index (χ3n) is 3.86. The molecule has 1 heterocycles. The Morgan fingerprint density at radius 1 is 1.42 bits per heavy atom. The minimum Gasteiger partial charge on any atom is -0.476 e. The molecule has 2 rings (SSSR count). The fourth-order valence-electron chi connectivity index (χ4n) is 2.83. The topological polar surface area (TPSA) is 68.0 Å². The molecule has 5 heteroatoms. The Bertz CT molecular complexity index is 448. The highest BCUT2D eigenvalue weighted by Gasteiger charge is 2.20. The first-order valence-electron chi connectivity index (χ1n) is 6.99. The molecule has 0 saturated heterocycles. The van der Waals surface area contributed by atoms with Crippen LogP contribution in [-0.2, 0) is 13.0 Å². The second-order valence-electron chi connectivity index (χ2n) is 5.20. The van der Waals surface area contributed by atoms with Gasteiger partial charge in [-0.1, -0.05) is 43.4 Å². The molecule has 1 aromatic rings. The molecule has 19 heavy (non-hydrogen) atoms. The maximum absolute atomic E-state index is 11.1. The summed E-state index contributed by atoms with van der Waals surface area (Å²) in [6, 6.07) is 0. The van der Waals surface area contributed by atoms with Crippen molar-refractivity contribution in [1.82, 2.24) is 15.0 Å². The van der Waals surface area contributed by atoms with Crippen LogP contribution in [0.25, 0.3) is 0 Å². The first kappa shape index (κ1) is 13.8. The van der Waals surface area contributed by atoms with Crippen molar-refractivity contribution in [3.05, 3.63) is 24.0 Å². The molecule has 0 aromatic carbocycles. The summed E-state index contributed by atoms with van der Waals surface area (Å²) in [4.78, 5) is 11.1. The van der Waals surface area contributed by atoms with E-state index in [2.05, 4.69) is 16.9 Å². The molecule has 0 atom stereocenters. The van der Waals surface area contributed by atoms with E-state index in [1.54, 1.807) is 10.8 Å². The highest BCUT2D eigenvalue weighted by atomic mass is 16.4. The highest BCUT2D eigenvalue weighted by Crippen LogP contribution is 2.27. The van der Waals surface area contributed by atoms with Gasteiger partial charge >= 0.3 is 5.97 Å². The lowest BCUT2D eigenvalue weighted by atomic mass is 9.85. The van der Waals surface area contributed by atoms with Gasteiger partial charge in [0.2, 0.25) is 0 Å². The molecule has 0 aliphatic heterocycles. The summed E-state index contributed by atoms with van der Waals surface area (Å²) in [5.74, 6) is -0.267. The molecule has 0 amide bonds. The van der Waals surface area contributed by atoms with E-state index in [9.17, 15) is 4.79 Å². The van der Waals surface area contributed by atoms with Crippen LogP contribution < -0.4 is 0 Å². The van der Waals surface area contributed by atoms with Crippen LogP contribution in [0.3, 0.4) is 0 Å². The first-order valence-corrected chi connectivity index (χ1v) is 6.99. The predicted molar refractivity (Wildman–Crippen MR) is 72.1 cm³/mol. The normalized spacial score (nSPS) is 16.4. The molecule has 0 radical (unpaired) electrons. The van der Waals surface area contributed by atoms with Crippen LogP contribution in [0.2, 0.25) is 0 Å². The van der Waals surface area contributed by atoms with Crippen LogP contribution in [-0.4, -0.2) is 26.1 Å². The second kappa shape index (κ2) is 6.50. The van der Waals surface area contributed by atoms with Crippen LogP contribution >= 0.6 is 0 Å². The lowest BCUT2D eigenvalue weighted by Crippen LogP contribution is -2.12. The summed E-state index contributed by atoms with van der Waals surface area (Å²) in [5, 5.41) is 16.8. The van der Waals surface area contributed by atoms with E-state index in [0.717, 1.165) is 24.5 Å². The van der Waals surface area contributed by atoms with Crippen molar-refractivity contribution in [1.29, 1.82) is 0 Å². The van der Waals surface area contributed by atoms with Gasteiger partial charge in [-0.05, 0) is 18.8 Å². The van der Waals surface area contributed by atoms with Gasteiger partial charge in [0.25, 0.3) is 0 Å². The van der Waals surface area contributed by atoms with Gasteiger partial charge in [-0.25, -0.2) is 9.48 Å². The predicted octanol–water partition coefficient (Wildman–Crippen LogP) is 2.68. The van der Waals surface area contributed by atoms with Crippen molar-refractivity contribution in [2.24, 2.45) is 5.92 Å². The molecule has 1 N–H and O–H groups in total. The fourth-order valence-corrected chi connectivity index (χ4v) is 2.83. The van der Waals surface area contributed by atoms with Crippen LogP contribution in [0.5, 0.6) is 0 Å². The van der Waals surface area contributed by atoms with Gasteiger partial charge in [-0.15, -0.1) is 11.7 Å². The molecule has 104 valence electrons. The van der Waals surface area contributed by atoms with Crippen molar-refractivity contribution in [2.45, 2.75) is 51.5 Å². The Labute approximate surface area is 113 Å². The molecule has 1 aliphatic carbocycles. The third kappa shape index (κ3) is 3.43. The summed E-state index contributed by atoms with van der Waals surface area (Å²) in [5.41, 5.74) is 0.829. The minimum atomic E-state index is -0.992. The van der Waals surface area contributed by atoms with Crippen LogP contribution in [0.15, 0.2) is 12.7 Å². The number of carboxylic acid groups (broad SMARTS) is 1. The van der Waals surface area contributed by atoms with Gasteiger partial charge in [0.1, 0.15) is 0 Å². The summed E-state index contributed by atoms with van der Waals surface area (Å²) >= 11 is 0. The van der Waals surface area contributed by atoms with E-state index in [1.807, 2.05) is 0 Å². The number of carbonyl (C=O) groups is 1. The van der Waals surface area contributed by atoms with E-state index in [0.29, 0.717) is 6.54 Å². The van der Waals surface area contributed by atoms with Crippen LogP contribution in [0.4, 0.5) is 0 Å². The summed E-state index contributed by atoms with van der Waals surface area (Å²) in [7, 11) is 0. The number of hydrogen-bond donors (Lipinski definition) is 1.